The van der Waals surface area contributed by atoms with E-state index in [0.717, 1.165) is 42.9 Å². The molecule has 33 heavy (non-hydrogen) atoms. The number of anilines is 1. The summed E-state index contributed by atoms with van der Waals surface area (Å²) in [5, 5.41) is 5.85. The van der Waals surface area contributed by atoms with Gasteiger partial charge in [-0.05, 0) is 72.3 Å². The maximum Gasteiger partial charge on any atom is 0.254 e. The molecule has 0 fully saturated rings. The number of nitrogen functional groups attached to an aromatic ring is 1. The van der Waals surface area contributed by atoms with Gasteiger partial charge in [0.1, 0.15) is 17.2 Å². The molecule has 2 heterocycles. The average molecular weight is 506 g/mol. The number of aromatic nitrogens is 1. The molecule has 1 amide bonds. The maximum absolute atomic E-state index is 12.7. The zero-order valence-electron chi connectivity index (χ0n) is 18.4. The number of aliphatic imine (C=N–C) groups is 1. The topological polar surface area (TPSA) is 120 Å². The van der Waals surface area contributed by atoms with Crippen LogP contribution in [0.4, 0.5) is 5.82 Å². The minimum Gasteiger partial charge on any atom is -0.459 e. The highest BCUT2D eigenvalue weighted by Gasteiger charge is 2.13. The number of pyridine rings is 1. The Hall–Kier alpha value is -3.65. The monoisotopic (exact) mass is 505 g/mol. The van der Waals surface area contributed by atoms with Gasteiger partial charge in [-0.2, -0.15) is 0 Å². The summed E-state index contributed by atoms with van der Waals surface area (Å²) in [4.78, 5) is 21.2. The fourth-order valence-electron chi connectivity index (χ4n) is 3.83. The van der Waals surface area contributed by atoms with Crippen LogP contribution < -0.4 is 16.8 Å². The fraction of sp³-hybridized carbons (Fsp3) is 0.160. The van der Waals surface area contributed by atoms with Gasteiger partial charge in [-0.3, -0.25) is 9.79 Å². The van der Waals surface area contributed by atoms with Crippen LogP contribution in [0.25, 0.3) is 21.7 Å². The lowest BCUT2D eigenvalue weighted by atomic mass is 9.96. The van der Waals surface area contributed by atoms with Gasteiger partial charge in [0, 0.05) is 40.4 Å². The van der Waals surface area contributed by atoms with E-state index in [9.17, 15) is 4.79 Å². The number of nitrogens with zero attached hydrogens (tertiary/aromatic N) is 2. The lowest BCUT2D eigenvalue weighted by Gasteiger charge is -2.15. The van der Waals surface area contributed by atoms with E-state index in [0.29, 0.717) is 24.7 Å². The number of rotatable bonds is 6. The number of halogens is 1. The Kier molecular flexibility index (Phi) is 6.46. The van der Waals surface area contributed by atoms with Gasteiger partial charge in [0.2, 0.25) is 0 Å². The average Bonchev–Trinajstić information content (AvgIpc) is 3.19. The van der Waals surface area contributed by atoms with Gasteiger partial charge in [-0.15, -0.1) is 0 Å². The van der Waals surface area contributed by atoms with Crippen molar-refractivity contribution >= 4 is 55.6 Å². The van der Waals surface area contributed by atoms with Gasteiger partial charge in [0.05, 0.1) is 12.1 Å². The van der Waals surface area contributed by atoms with Crippen molar-refractivity contribution in [3.05, 3.63) is 81.3 Å². The molecular formula is C25H24BrN5O2. The zero-order valence-corrected chi connectivity index (χ0v) is 19.9. The molecule has 0 aliphatic heterocycles. The Morgan fingerprint density at radius 1 is 1.21 bits per heavy atom. The summed E-state index contributed by atoms with van der Waals surface area (Å²) < 4.78 is 6.75. The Morgan fingerprint density at radius 2 is 2.03 bits per heavy atom. The summed E-state index contributed by atoms with van der Waals surface area (Å²) in [6, 6.07) is 11.7. The minimum absolute atomic E-state index is 0.276. The smallest absolute Gasteiger partial charge is 0.254 e. The summed E-state index contributed by atoms with van der Waals surface area (Å²) in [6.07, 6.45) is 4.40. The van der Waals surface area contributed by atoms with E-state index in [4.69, 9.17) is 15.9 Å². The Balaban J connectivity index is 1.44. The lowest BCUT2D eigenvalue weighted by molar-refractivity contribution is -0.117. The number of hydrogen-bond acceptors (Lipinski definition) is 6. The van der Waals surface area contributed by atoms with E-state index >= 15 is 0 Å². The number of benzene rings is 2. The van der Waals surface area contributed by atoms with Crippen LogP contribution in [0.1, 0.15) is 22.5 Å². The number of aryl methyl sites for hydroxylation is 2. The Labute approximate surface area is 199 Å². The second-order valence-corrected chi connectivity index (χ2v) is 8.67. The molecule has 2 aromatic heterocycles. The van der Waals surface area contributed by atoms with Crippen molar-refractivity contribution in [1.82, 2.24) is 10.3 Å². The van der Waals surface area contributed by atoms with Crippen LogP contribution in [-0.2, 0) is 17.9 Å². The number of nitrogens with two attached hydrogens (primary N) is 2. The number of furan rings is 1. The SMILES string of the molecule is Cc1cc2c(N)nccc2c(C)c1CNC(=O)/C(C=NCc1cc2cc(Br)ccc2o1)=C/N. The molecule has 0 unspecified atom stereocenters. The second-order valence-electron chi connectivity index (χ2n) is 7.76. The third-order valence-electron chi connectivity index (χ3n) is 5.59. The van der Waals surface area contributed by atoms with Gasteiger partial charge in [-0.25, -0.2) is 4.98 Å². The fourth-order valence-corrected chi connectivity index (χ4v) is 4.21. The normalized spacial score (nSPS) is 12.2. The van der Waals surface area contributed by atoms with Crippen molar-refractivity contribution in [2.45, 2.75) is 26.9 Å². The lowest BCUT2D eigenvalue weighted by Crippen LogP contribution is -2.26. The van der Waals surface area contributed by atoms with Gasteiger partial charge >= 0.3 is 0 Å². The summed E-state index contributed by atoms with van der Waals surface area (Å²) >= 11 is 3.45. The third-order valence-corrected chi connectivity index (χ3v) is 6.08. The molecule has 0 radical (unpaired) electrons. The maximum atomic E-state index is 12.7. The second kappa shape index (κ2) is 9.46. The number of hydrogen-bond donors (Lipinski definition) is 3. The molecule has 5 N–H and O–H groups in total. The van der Waals surface area contributed by atoms with E-state index in [1.54, 1.807) is 6.20 Å². The molecule has 0 spiro atoms. The third kappa shape index (κ3) is 4.75. The minimum atomic E-state index is -0.303. The molecule has 0 bridgehead atoms. The van der Waals surface area contributed by atoms with Crippen molar-refractivity contribution in [2.75, 3.05) is 5.73 Å². The van der Waals surface area contributed by atoms with Gasteiger partial charge in [0.15, 0.2) is 0 Å². The van der Waals surface area contributed by atoms with Crippen LogP contribution in [0.3, 0.4) is 0 Å². The van der Waals surface area contributed by atoms with E-state index in [2.05, 4.69) is 31.2 Å². The highest BCUT2D eigenvalue weighted by atomic mass is 79.9. The van der Waals surface area contributed by atoms with Crippen molar-refractivity contribution in [3.8, 4) is 0 Å². The first-order valence-corrected chi connectivity index (χ1v) is 11.2. The van der Waals surface area contributed by atoms with E-state index in [-0.39, 0.29) is 11.5 Å². The van der Waals surface area contributed by atoms with Crippen LogP contribution >= 0.6 is 15.9 Å². The summed E-state index contributed by atoms with van der Waals surface area (Å²) in [5.41, 5.74) is 15.9. The predicted octanol–water partition coefficient (Wildman–Crippen LogP) is 4.67. The predicted molar refractivity (Wildman–Crippen MR) is 136 cm³/mol. The molecule has 0 aliphatic rings. The van der Waals surface area contributed by atoms with Crippen molar-refractivity contribution in [2.24, 2.45) is 10.7 Å². The van der Waals surface area contributed by atoms with Crippen LogP contribution in [0.5, 0.6) is 0 Å². The Bertz CT molecular complexity index is 1420. The van der Waals surface area contributed by atoms with Crippen LogP contribution in [-0.4, -0.2) is 17.1 Å². The first-order chi connectivity index (χ1) is 15.9. The summed E-state index contributed by atoms with van der Waals surface area (Å²) in [5.74, 6) is 0.895. The Morgan fingerprint density at radius 3 is 2.82 bits per heavy atom. The van der Waals surface area contributed by atoms with Crippen molar-refractivity contribution in [3.63, 3.8) is 0 Å². The van der Waals surface area contributed by atoms with Crippen molar-refractivity contribution < 1.29 is 9.21 Å². The summed E-state index contributed by atoms with van der Waals surface area (Å²) in [7, 11) is 0. The van der Waals surface area contributed by atoms with Crippen LogP contribution in [0, 0.1) is 13.8 Å². The van der Waals surface area contributed by atoms with Gasteiger partial charge < -0.3 is 21.2 Å². The molecule has 8 heteroatoms. The first kappa shape index (κ1) is 22.5. The molecule has 7 nitrogen and oxygen atoms in total. The molecule has 2 aromatic carbocycles. The first-order valence-electron chi connectivity index (χ1n) is 10.4. The molecule has 0 saturated carbocycles. The highest BCUT2D eigenvalue weighted by molar-refractivity contribution is 9.10. The van der Waals surface area contributed by atoms with Crippen molar-refractivity contribution in [1.29, 1.82) is 0 Å². The highest BCUT2D eigenvalue weighted by Crippen LogP contribution is 2.28. The largest absolute Gasteiger partial charge is 0.459 e. The molecule has 0 saturated heterocycles. The van der Waals surface area contributed by atoms with E-state index in [1.807, 2.05) is 50.2 Å². The molecule has 168 valence electrons. The molecule has 0 atom stereocenters. The van der Waals surface area contributed by atoms with Gasteiger partial charge in [0.25, 0.3) is 5.91 Å². The standard InChI is InChI=1S/C25H24BrN5O2/c1-14-7-21-20(5-6-30-24(21)28)15(2)22(14)13-31-25(32)17(10-27)11-29-12-19-9-16-8-18(26)3-4-23(16)33-19/h3-11H,12-13,27H2,1-2H3,(H2,28,30)(H,31,32)/b17-10+,29-11?. The van der Waals surface area contributed by atoms with Crippen LogP contribution in [0.2, 0.25) is 0 Å². The van der Waals surface area contributed by atoms with Gasteiger partial charge in [-0.1, -0.05) is 15.9 Å². The molecule has 0 aliphatic carbocycles. The molecular weight excluding hydrogens is 482 g/mol. The zero-order chi connectivity index (χ0) is 23.5. The number of amides is 1. The number of fused-ring (bicyclic) bond motifs is 2. The van der Waals surface area contributed by atoms with Crippen LogP contribution in [0.15, 0.2) is 68.3 Å². The quantitative estimate of drug-likeness (QED) is 0.259. The number of carbonyl (C=O) groups excluding carboxylic acids is 1. The molecule has 4 rings (SSSR count). The van der Waals surface area contributed by atoms with E-state index < -0.39 is 0 Å². The number of carbonyl (C=O) groups is 1. The number of nitrogens with one attached hydrogen (secondary N) is 1. The molecule has 4 aromatic rings. The van der Waals surface area contributed by atoms with E-state index in [1.165, 1.54) is 12.4 Å². The summed E-state index contributed by atoms with van der Waals surface area (Å²) in [6.45, 7) is 4.67.